The lowest BCUT2D eigenvalue weighted by molar-refractivity contribution is -0.138. The zero-order valence-corrected chi connectivity index (χ0v) is 21.6. The number of nitrogens with zero attached hydrogens (tertiary/aromatic N) is 2. The molecule has 0 saturated carbocycles. The highest BCUT2D eigenvalue weighted by Crippen LogP contribution is 2.31. The topological polar surface area (TPSA) is 126 Å². The number of anilines is 2. The third kappa shape index (κ3) is 6.91. The Morgan fingerprint density at radius 3 is 2.45 bits per heavy atom. The normalized spacial score (nSPS) is 14.4. The van der Waals surface area contributed by atoms with Gasteiger partial charge in [0.15, 0.2) is 17.1 Å². The van der Waals surface area contributed by atoms with Crippen LogP contribution in [0, 0.1) is 5.82 Å². The molecule has 1 aliphatic heterocycles. The van der Waals surface area contributed by atoms with Crippen molar-refractivity contribution in [3.05, 3.63) is 41.7 Å². The second-order valence-electron chi connectivity index (χ2n) is 9.08. The molecule has 0 radical (unpaired) electrons. The largest absolute Gasteiger partial charge is 0.491 e. The summed E-state index contributed by atoms with van der Waals surface area (Å²) in [6, 6.07) is 9.23. The number of ether oxygens (including phenoxy) is 2. The number of benzene rings is 2. The number of para-hydroxylation sites is 1. The minimum atomic E-state index is -1.03. The van der Waals surface area contributed by atoms with Crippen molar-refractivity contribution in [1.29, 1.82) is 0 Å². The summed E-state index contributed by atoms with van der Waals surface area (Å²) in [6.07, 6.45) is 1.35. The molecule has 2 heterocycles. The first-order valence-electron chi connectivity index (χ1n) is 12.8. The van der Waals surface area contributed by atoms with Crippen molar-refractivity contribution in [3.63, 3.8) is 0 Å². The van der Waals surface area contributed by atoms with Crippen molar-refractivity contribution in [3.8, 4) is 11.5 Å². The molecule has 0 bridgehead atoms. The average Bonchev–Trinajstić information content (AvgIpc) is 3.30. The number of piperidine rings is 1. The molecule has 1 aliphatic rings. The maximum Gasteiger partial charge on any atom is 0.303 e. The summed E-state index contributed by atoms with van der Waals surface area (Å²) >= 11 is 0. The first-order chi connectivity index (χ1) is 18.4. The second-order valence-corrected chi connectivity index (χ2v) is 9.08. The number of fused-ring (bicyclic) bond motifs is 1. The standard InChI is InChI=1S/C27H33FN4O6/c1-3-36-21-14-17(15-22(25(21)28)37-4-2)16-32-12-10-18(11-13-32)29-27-31-20-7-5-6-19(26(20)38-27)30-23(33)8-9-24(34)35/h5-7,14-15,18H,3-4,8-13,16H2,1-2H3,(H,29,31)(H,30,33)(H,34,35). The predicted molar refractivity (Wildman–Crippen MR) is 140 cm³/mol. The first kappa shape index (κ1) is 27.2. The highest BCUT2D eigenvalue weighted by molar-refractivity contribution is 5.99. The van der Waals surface area contributed by atoms with Gasteiger partial charge < -0.3 is 29.6 Å². The van der Waals surface area contributed by atoms with E-state index in [4.69, 9.17) is 19.0 Å². The molecule has 10 nitrogen and oxygen atoms in total. The monoisotopic (exact) mass is 528 g/mol. The lowest BCUT2D eigenvalue weighted by Gasteiger charge is -2.32. The van der Waals surface area contributed by atoms with Crippen molar-refractivity contribution in [1.82, 2.24) is 9.88 Å². The minimum absolute atomic E-state index is 0.124. The minimum Gasteiger partial charge on any atom is -0.491 e. The Morgan fingerprint density at radius 1 is 1.13 bits per heavy atom. The number of hydrogen-bond acceptors (Lipinski definition) is 8. The Hall–Kier alpha value is -3.86. The maximum atomic E-state index is 14.6. The Morgan fingerprint density at radius 2 is 1.82 bits per heavy atom. The van der Waals surface area contributed by atoms with Crippen molar-refractivity contribution in [2.24, 2.45) is 0 Å². The fourth-order valence-corrected chi connectivity index (χ4v) is 4.45. The van der Waals surface area contributed by atoms with E-state index in [1.165, 1.54) is 0 Å². The quantitative estimate of drug-likeness (QED) is 0.308. The number of carboxylic acids is 1. The fourth-order valence-electron chi connectivity index (χ4n) is 4.45. The van der Waals surface area contributed by atoms with Gasteiger partial charge in [-0.25, -0.2) is 0 Å². The molecule has 0 spiro atoms. The molecular weight excluding hydrogens is 495 g/mol. The van der Waals surface area contributed by atoms with Crippen LogP contribution in [0.3, 0.4) is 0 Å². The van der Waals surface area contributed by atoms with Crippen LogP contribution in [0.5, 0.6) is 11.5 Å². The number of carboxylic acid groups (broad SMARTS) is 1. The van der Waals surface area contributed by atoms with E-state index >= 15 is 0 Å². The van der Waals surface area contributed by atoms with Gasteiger partial charge in [0, 0.05) is 32.1 Å². The molecule has 38 heavy (non-hydrogen) atoms. The van der Waals surface area contributed by atoms with Gasteiger partial charge in [0.05, 0.1) is 25.3 Å². The summed E-state index contributed by atoms with van der Waals surface area (Å²) in [5.41, 5.74) is 2.40. The molecule has 1 saturated heterocycles. The molecule has 3 aromatic rings. The summed E-state index contributed by atoms with van der Waals surface area (Å²) in [7, 11) is 0. The summed E-state index contributed by atoms with van der Waals surface area (Å²) in [6.45, 7) is 6.69. The van der Waals surface area contributed by atoms with E-state index in [1.807, 2.05) is 13.8 Å². The number of aliphatic carboxylic acids is 1. The van der Waals surface area contributed by atoms with E-state index in [1.54, 1.807) is 30.3 Å². The van der Waals surface area contributed by atoms with Gasteiger partial charge in [-0.1, -0.05) is 6.07 Å². The molecule has 0 atom stereocenters. The zero-order valence-electron chi connectivity index (χ0n) is 21.6. The number of likely N-dealkylation sites (tertiary alicyclic amines) is 1. The Bertz CT molecular complexity index is 1240. The van der Waals surface area contributed by atoms with E-state index in [-0.39, 0.29) is 30.4 Å². The number of oxazole rings is 1. The molecule has 1 aromatic heterocycles. The number of hydrogen-bond donors (Lipinski definition) is 3. The van der Waals surface area contributed by atoms with E-state index in [0.29, 0.717) is 42.6 Å². The highest BCUT2D eigenvalue weighted by Gasteiger charge is 2.23. The molecule has 2 aromatic carbocycles. The van der Waals surface area contributed by atoms with Gasteiger partial charge in [0.25, 0.3) is 6.01 Å². The molecule has 1 amide bonds. The van der Waals surface area contributed by atoms with Crippen LogP contribution < -0.4 is 20.1 Å². The van der Waals surface area contributed by atoms with Crippen LogP contribution in [0.15, 0.2) is 34.7 Å². The lowest BCUT2D eigenvalue weighted by atomic mass is 10.0. The van der Waals surface area contributed by atoms with Gasteiger partial charge in [-0.2, -0.15) is 9.37 Å². The lowest BCUT2D eigenvalue weighted by Crippen LogP contribution is -2.38. The predicted octanol–water partition coefficient (Wildman–Crippen LogP) is 4.64. The van der Waals surface area contributed by atoms with Crippen LogP contribution in [0.1, 0.15) is 45.1 Å². The van der Waals surface area contributed by atoms with Crippen LogP contribution in [0.2, 0.25) is 0 Å². The van der Waals surface area contributed by atoms with E-state index in [9.17, 15) is 14.0 Å². The van der Waals surface area contributed by atoms with Gasteiger partial charge in [-0.3, -0.25) is 14.5 Å². The van der Waals surface area contributed by atoms with Crippen LogP contribution in [0.25, 0.3) is 11.1 Å². The van der Waals surface area contributed by atoms with Gasteiger partial charge in [-0.15, -0.1) is 0 Å². The van der Waals surface area contributed by atoms with Crippen LogP contribution in [0.4, 0.5) is 16.1 Å². The molecular formula is C27H33FN4O6. The van der Waals surface area contributed by atoms with E-state index in [2.05, 4.69) is 20.5 Å². The maximum absolute atomic E-state index is 14.6. The van der Waals surface area contributed by atoms with Crippen LogP contribution in [-0.2, 0) is 16.1 Å². The highest BCUT2D eigenvalue weighted by atomic mass is 19.1. The molecule has 204 valence electrons. The van der Waals surface area contributed by atoms with Gasteiger partial charge in [0.1, 0.15) is 5.52 Å². The Labute approximate surface area is 220 Å². The second kappa shape index (κ2) is 12.6. The molecule has 0 unspecified atom stereocenters. The third-order valence-electron chi connectivity index (χ3n) is 6.24. The van der Waals surface area contributed by atoms with Crippen molar-refractivity contribution < 1.29 is 33.0 Å². The smallest absolute Gasteiger partial charge is 0.303 e. The number of aromatic nitrogens is 1. The average molecular weight is 529 g/mol. The van der Waals surface area contributed by atoms with Crippen molar-refractivity contribution in [2.45, 2.75) is 52.1 Å². The molecule has 4 rings (SSSR count). The van der Waals surface area contributed by atoms with Gasteiger partial charge >= 0.3 is 5.97 Å². The number of halogens is 1. The number of carbonyl (C=O) groups excluding carboxylic acids is 1. The summed E-state index contributed by atoms with van der Waals surface area (Å²) in [4.78, 5) is 29.6. The van der Waals surface area contributed by atoms with Gasteiger partial charge in [-0.05, 0) is 56.5 Å². The summed E-state index contributed by atoms with van der Waals surface area (Å²) in [5.74, 6) is -1.49. The van der Waals surface area contributed by atoms with Crippen molar-refractivity contribution in [2.75, 3.05) is 36.9 Å². The molecule has 1 fully saturated rings. The number of rotatable bonds is 12. The zero-order chi connectivity index (χ0) is 27.1. The number of carbonyl (C=O) groups is 2. The third-order valence-corrected chi connectivity index (χ3v) is 6.24. The number of nitrogens with one attached hydrogen (secondary N) is 2. The van der Waals surface area contributed by atoms with Gasteiger partial charge in [0.2, 0.25) is 11.7 Å². The molecule has 11 heteroatoms. The summed E-state index contributed by atoms with van der Waals surface area (Å²) in [5, 5.41) is 14.8. The fraction of sp³-hybridized carbons (Fsp3) is 0.444. The summed E-state index contributed by atoms with van der Waals surface area (Å²) < 4.78 is 31.4. The van der Waals surface area contributed by atoms with Crippen LogP contribution in [-0.4, -0.2) is 59.2 Å². The Kier molecular flexibility index (Phi) is 9.01. The van der Waals surface area contributed by atoms with Crippen LogP contribution >= 0.6 is 0 Å². The van der Waals surface area contributed by atoms with E-state index in [0.717, 1.165) is 31.5 Å². The number of amides is 1. The van der Waals surface area contributed by atoms with E-state index < -0.39 is 17.7 Å². The molecule has 3 N–H and O–H groups in total. The first-order valence-corrected chi connectivity index (χ1v) is 12.8. The Balaban J connectivity index is 1.35. The van der Waals surface area contributed by atoms with Crippen molar-refractivity contribution >= 4 is 34.7 Å². The SMILES string of the molecule is CCOc1cc(CN2CCC(Nc3nc4cccc(NC(=O)CCC(=O)O)c4o3)CC2)cc(OCC)c1F. The molecule has 0 aliphatic carbocycles.